The number of hydrogen-bond acceptors (Lipinski definition) is 6. The van der Waals surface area contributed by atoms with E-state index in [1.807, 2.05) is 61.8 Å². The third-order valence-corrected chi connectivity index (χ3v) is 5.67. The van der Waals surface area contributed by atoms with E-state index < -0.39 is 0 Å². The van der Waals surface area contributed by atoms with E-state index in [-0.39, 0.29) is 6.04 Å². The predicted octanol–water partition coefficient (Wildman–Crippen LogP) is 4.28. The van der Waals surface area contributed by atoms with Crippen molar-refractivity contribution in [1.82, 2.24) is 20.1 Å². The monoisotopic (exact) mass is 452 g/mol. The molecule has 0 amide bonds. The van der Waals surface area contributed by atoms with E-state index >= 15 is 0 Å². The van der Waals surface area contributed by atoms with Gasteiger partial charge < -0.3 is 15.8 Å². The van der Waals surface area contributed by atoms with Crippen molar-refractivity contribution in [1.29, 1.82) is 5.26 Å². The Morgan fingerprint density at radius 3 is 2.59 bits per heavy atom. The van der Waals surface area contributed by atoms with E-state index in [0.29, 0.717) is 23.7 Å². The third kappa shape index (κ3) is 6.00. The average molecular weight is 453 g/mol. The van der Waals surface area contributed by atoms with Crippen molar-refractivity contribution in [3.8, 4) is 22.9 Å². The zero-order valence-corrected chi connectivity index (χ0v) is 19.2. The molecule has 0 aliphatic rings. The molecule has 2 aromatic heterocycles. The molecular weight excluding hydrogens is 424 g/mol. The molecule has 7 heteroatoms. The maximum Gasteiger partial charge on any atom is 0.166 e. The normalized spacial score (nSPS) is 11.6. The number of ether oxygens (including phenoxy) is 1. The van der Waals surface area contributed by atoms with Crippen LogP contribution in [-0.4, -0.2) is 27.9 Å². The maximum absolute atomic E-state index is 8.97. The Kier molecular flexibility index (Phi) is 7.53. The van der Waals surface area contributed by atoms with Gasteiger partial charge in [-0.15, -0.1) is 0 Å². The Bertz CT molecular complexity index is 1240. The summed E-state index contributed by atoms with van der Waals surface area (Å²) in [6.07, 6.45) is 7.10. The lowest BCUT2D eigenvalue weighted by atomic mass is 10.0. The predicted molar refractivity (Wildman–Crippen MR) is 133 cm³/mol. The van der Waals surface area contributed by atoms with Gasteiger partial charge in [0.15, 0.2) is 11.6 Å². The van der Waals surface area contributed by atoms with E-state index in [9.17, 15) is 0 Å². The summed E-state index contributed by atoms with van der Waals surface area (Å²) in [5, 5.41) is 16.8. The van der Waals surface area contributed by atoms with E-state index in [2.05, 4.69) is 33.6 Å². The molecule has 0 fully saturated rings. The molecule has 0 saturated heterocycles. The number of rotatable bonds is 10. The minimum absolute atomic E-state index is 0.135. The van der Waals surface area contributed by atoms with Gasteiger partial charge in [-0.1, -0.05) is 42.5 Å². The number of nitriles is 1. The first kappa shape index (κ1) is 23.0. The molecule has 4 aromatic rings. The lowest BCUT2D eigenvalue weighted by Gasteiger charge is -2.20. The average Bonchev–Trinajstić information content (AvgIpc) is 3.31. The number of nitrogen functional groups attached to an aromatic ring is 1. The molecule has 2 aromatic carbocycles. The van der Waals surface area contributed by atoms with Crippen LogP contribution in [0.2, 0.25) is 0 Å². The fourth-order valence-corrected chi connectivity index (χ4v) is 3.79. The number of nitrogens with two attached hydrogens (primary N) is 1. The zero-order chi connectivity index (χ0) is 23.8. The van der Waals surface area contributed by atoms with Gasteiger partial charge >= 0.3 is 0 Å². The fourth-order valence-electron chi connectivity index (χ4n) is 3.79. The van der Waals surface area contributed by atoms with Crippen LogP contribution in [0.4, 0.5) is 5.82 Å². The van der Waals surface area contributed by atoms with Crippen molar-refractivity contribution in [2.24, 2.45) is 7.05 Å². The van der Waals surface area contributed by atoms with Gasteiger partial charge in [-0.2, -0.15) is 10.4 Å². The number of aromatic nitrogens is 3. The standard InChI is InChI=1S/C27H28N6O/c1-33-19-24(18-32-33)23-15-26(27(29)31-17-23)34-14-12-25(22-5-3-2-4-6-22)30-13-11-20-7-9-21(16-28)10-8-20/h2-10,15,17-19,25,30H,11-14H2,1H3,(H2,29,31). The van der Waals surface area contributed by atoms with Crippen LogP contribution in [0.15, 0.2) is 79.3 Å². The first-order valence-corrected chi connectivity index (χ1v) is 11.3. The molecule has 0 radical (unpaired) electrons. The van der Waals surface area contributed by atoms with Gasteiger partial charge in [-0.05, 0) is 42.3 Å². The summed E-state index contributed by atoms with van der Waals surface area (Å²) in [5.41, 5.74) is 11.0. The molecule has 3 N–H and O–H groups in total. The molecule has 4 rings (SSSR count). The minimum atomic E-state index is 0.135. The van der Waals surface area contributed by atoms with Crippen molar-refractivity contribution in [3.63, 3.8) is 0 Å². The lowest BCUT2D eigenvalue weighted by molar-refractivity contribution is 0.287. The van der Waals surface area contributed by atoms with Gasteiger partial charge in [0.1, 0.15) is 0 Å². The van der Waals surface area contributed by atoms with Crippen LogP contribution in [0.25, 0.3) is 11.1 Å². The number of benzene rings is 2. The van der Waals surface area contributed by atoms with E-state index in [4.69, 9.17) is 15.7 Å². The summed E-state index contributed by atoms with van der Waals surface area (Å²) >= 11 is 0. The highest BCUT2D eigenvalue weighted by atomic mass is 16.5. The SMILES string of the molecule is Cn1cc(-c2cnc(N)c(OCCC(NCCc3ccc(C#N)cc3)c3ccccc3)c2)cn1. The van der Waals surface area contributed by atoms with Gasteiger partial charge in [0, 0.05) is 43.0 Å². The quantitative estimate of drug-likeness (QED) is 0.372. The van der Waals surface area contributed by atoms with Gasteiger partial charge in [0.05, 0.1) is 24.4 Å². The summed E-state index contributed by atoms with van der Waals surface area (Å²) in [4.78, 5) is 4.30. The van der Waals surface area contributed by atoms with Crippen LogP contribution in [0.1, 0.15) is 29.2 Å². The van der Waals surface area contributed by atoms with Crippen molar-refractivity contribution >= 4 is 5.82 Å². The van der Waals surface area contributed by atoms with Crippen molar-refractivity contribution in [2.45, 2.75) is 18.9 Å². The topological polar surface area (TPSA) is 102 Å². The molecule has 0 aliphatic carbocycles. The number of hydrogen-bond donors (Lipinski definition) is 2. The highest BCUT2D eigenvalue weighted by Crippen LogP contribution is 2.27. The van der Waals surface area contributed by atoms with Crippen LogP contribution in [0.5, 0.6) is 5.75 Å². The highest BCUT2D eigenvalue weighted by molar-refractivity contribution is 5.65. The summed E-state index contributed by atoms with van der Waals surface area (Å²) in [7, 11) is 1.88. The Balaban J connectivity index is 1.37. The lowest BCUT2D eigenvalue weighted by Crippen LogP contribution is -2.25. The zero-order valence-electron chi connectivity index (χ0n) is 19.2. The second kappa shape index (κ2) is 11.1. The van der Waals surface area contributed by atoms with Crippen molar-refractivity contribution in [2.75, 3.05) is 18.9 Å². The smallest absolute Gasteiger partial charge is 0.166 e. The van der Waals surface area contributed by atoms with Crippen LogP contribution in [0, 0.1) is 11.3 Å². The molecule has 172 valence electrons. The maximum atomic E-state index is 8.97. The molecule has 1 atom stereocenters. The fraction of sp³-hybridized carbons (Fsp3) is 0.222. The number of pyridine rings is 1. The van der Waals surface area contributed by atoms with Crippen molar-refractivity contribution < 1.29 is 4.74 Å². The van der Waals surface area contributed by atoms with E-state index in [0.717, 1.165) is 30.5 Å². The van der Waals surface area contributed by atoms with Gasteiger partial charge in [0.2, 0.25) is 0 Å². The van der Waals surface area contributed by atoms with Crippen LogP contribution in [0.3, 0.4) is 0 Å². The largest absolute Gasteiger partial charge is 0.490 e. The van der Waals surface area contributed by atoms with Gasteiger partial charge in [-0.3, -0.25) is 4.68 Å². The molecule has 0 bridgehead atoms. The second-order valence-electron chi connectivity index (χ2n) is 8.12. The Morgan fingerprint density at radius 1 is 1.09 bits per heavy atom. The molecule has 2 heterocycles. The molecule has 0 aliphatic heterocycles. The Morgan fingerprint density at radius 2 is 1.88 bits per heavy atom. The van der Waals surface area contributed by atoms with Crippen molar-refractivity contribution in [3.05, 3.63) is 95.9 Å². The summed E-state index contributed by atoms with van der Waals surface area (Å²) in [6, 6.07) is 22.3. The van der Waals surface area contributed by atoms with E-state index in [1.54, 1.807) is 17.1 Å². The number of anilines is 1. The highest BCUT2D eigenvalue weighted by Gasteiger charge is 2.13. The molecule has 0 spiro atoms. The molecule has 1 unspecified atom stereocenters. The summed E-state index contributed by atoms with van der Waals surface area (Å²) in [6.45, 7) is 1.30. The first-order valence-electron chi connectivity index (χ1n) is 11.3. The number of nitrogens with zero attached hydrogens (tertiary/aromatic N) is 4. The Labute approximate surface area is 199 Å². The minimum Gasteiger partial charge on any atom is -0.490 e. The molecule has 0 saturated carbocycles. The molecular formula is C27H28N6O. The number of aryl methyl sites for hydroxylation is 1. The summed E-state index contributed by atoms with van der Waals surface area (Å²) < 4.78 is 7.81. The first-order chi connectivity index (χ1) is 16.6. The second-order valence-corrected chi connectivity index (χ2v) is 8.12. The molecule has 34 heavy (non-hydrogen) atoms. The van der Waals surface area contributed by atoms with Gasteiger partial charge in [-0.25, -0.2) is 4.98 Å². The molecule has 7 nitrogen and oxygen atoms in total. The summed E-state index contributed by atoms with van der Waals surface area (Å²) in [5.74, 6) is 0.948. The third-order valence-electron chi connectivity index (χ3n) is 5.67. The van der Waals surface area contributed by atoms with Crippen LogP contribution >= 0.6 is 0 Å². The van der Waals surface area contributed by atoms with E-state index in [1.165, 1.54) is 11.1 Å². The van der Waals surface area contributed by atoms with Crippen LogP contribution in [-0.2, 0) is 13.5 Å². The number of nitrogens with one attached hydrogen (secondary N) is 1. The Hall–Kier alpha value is -4.15. The van der Waals surface area contributed by atoms with Crippen LogP contribution < -0.4 is 15.8 Å². The van der Waals surface area contributed by atoms with Gasteiger partial charge in [0.25, 0.3) is 0 Å².